The summed E-state index contributed by atoms with van der Waals surface area (Å²) in [5, 5.41) is 0. The Morgan fingerprint density at radius 1 is 0.759 bits per heavy atom. The first-order chi connectivity index (χ1) is 27.5. The molecule has 16 heteroatoms. The van der Waals surface area contributed by atoms with Crippen molar-refractivity contribution < 1.29 is 34.4 Å². The number of nitrogens with zero attached hydrogens (tertiary/aromatic N) is 3. The van der Waals surface area contributed by atoms with Crippen molar-refractivity contribution in [2.45, 2.75) is 42.0 Å². The fraction of sp³-hybridized carbons (Fsp3) is 0.238. The number of rotatable bonds is 11. The van der Waals surface area contributed by atoms with Crippen LogP contribution in [0.15, 0.2) is 124 Å². The molecular weight excluding hydrogens is 811 g/mol. The summed E-state index contributed by atoms with van der Waals surface area (Å²) in [5.74, 6) is -0.286. The summed E-state index contributed by atoms with van der Waals surface area (Å²) in [6, 6.07) is 24.2. The molecule has 0 unspecified atom stereocenters. The maximum Gasteiger partial charge on any atom is 0.501 e. The highest BCUT2D eigenvalue weighted by molar-refractivity contribution is 8.04. The number of nitrogens with one attached hydrogen (secondary N) is 2. The van der Waals surface area contributed by atoms with Crippen molar-refractivity contribution in [1.82, 2.24) is 4.57 Å². The van der Waals surface area contributed by atoms with Crippen molar-refractivity contribution in [3.05, 3.63) is 131 Å². The van der Waals surface area contributed by atoms with E-state index in [-0.39, 0.29) is 11.5 Å². The standard InChI is InChI=1S/C42H41F4N5O4S3/c1-28-29(2)49(3)41(30-12-14-32(43)15-13-30)40(28)31-8-7-9-35(26-31)51-24-22-50(23-25-51)34-18-16-33(17-19-34)48-58(54,55)37-20-21-38(47-56-36-10-5-4-6-11-36)39(27-37)57(52,53)42(44,45)46/h5,7-21,26-27,47-48H,4,6,22-25H2,1-3H3. The van der Waals surface area contributed by atoms with Crippen LogP contribution in [0.3, 0.4) is 0 Å². The average Bonchev–Trinajstić information content (AvgIpc) is 3.44. The molecule has 2 aliphatic rings. The number of hydrogen-bond donors (Lipinski definition) is 2. The third-order valence-electron chi connectivity index (χ3n) is 10.5. The largest absolute Gasteiger partial charge is 0.501 e. The minimum atomic E-state index is -5.91. The highest BCUT2D eigenvalue weighted by atomic mass is 32.2. The van der Waals surface area contributed by atoms with Crippen LogP contribution in [0.4, 0.5) is 40.3 Å². The van der Waals surface area contributed by atoms with Crippen molar-refractivity contribution in [1.29, 1.82) is 0 Å². The van der Waals surface area contributed by atoms with Crippen LogP contribution < -0.4 is 19.2 Å². The van der Waals surface area contributed by atoms with Gasteiger partial charge in [0.15, 0.2) is 0 Å². The Balaban J connectivity index is 1.03. The number of aromatic nitrogens is 1. The van der Waals surface area contributed by atoms with E-state index in [0.29, 0.717) is 24.1 Å². The quantitative estimate of drug-likeness (QED) is 0.100. The number of halogens is 4. The lowest BCUT2D eigenvalue weighted by atomic mass is 9.97. The fourth-order valence-corrected chi connectivity index (χ4v) is 10.1. The highest BCUT2D eigenvalue weighted by Crippen LogP contribution is 2.41. The Bertz CT molecular complexity index is 2620. The van der Waals surface area contributed by atoms with E-state index in [4.69, 9.17) is 0 Å². The van der Waals surface area contributed by atoms with Crippen LogP contribution in [-0.2, 0) is 26.9 Å². The number of allylic oxidation sites excluding steroid dienone is 3. The van der Waals surface area contributed by atoms with Gasteiger partial charge in [-0.05, 0) is 134 Å². The summed E-state index contributed by atoms with van der Waals surface area (Å²) in [7, 11) is -8.39. The average molecular weight is 852 g/mol. The number of sulfonamides is 1. The van der Waals surface area contributed by atoms with Crippen molar-refractivity contribution in [2.75, 3.05) is 45.4 Å². The maximum atomic E-state index is 13.8. The molecule has 4 aromatic carbocycles. The van der Waals surface area contributed by atoms with Gasteiger partial charge in [-0.2, -0.15) is 13.2 Å². The van der Waals surface area contributed by atoms with E-state index in [0.717, 1.165) is 95.0 Å². The van der Waals surface area contributed by atoms with Gasteiger partial charge in [0.25, 0.3) is 19.9 Å². The molecule has 0 bridgehead atoms. The molecule has 0 amide bonds. The van der Waals surface area contributed by atoms with Gasteiger partial charge in [-0.3, -0.25) is 4.72 Å². The monoisotopic (exact) mass is 851 g/mol. The van der Waals surface area contributed by atoms with Crippen molar-refractivity contribution in [2.24, 2.45) is 7.05 Å². The first kappa shape index (κ1) is 41.0. The van der Waals surface area contributed by atoms with Gasteiger partial charge in [0.2, 0.25) is 0 Å². The van der Waals surface area contributed by atoms with Gasteiger partial charge < -0.3 is 19.1 Å². The lowest BCUT2D eigenvalue weighted by Crippen LogP contribution is -2.46. The molecule has 58 heavy (non-hydrogen) atoms. The predicted molar refractivity (Wildman–Crippen MR) is 225 cm³/mol. The topological polar surface area (TPSA) is 104 Å². The van der Waals surface area contributed by atoms with Crippen LogP contribution in [-0.4, -0.2) is 53.1 Å². The second-order valence-corrected chi connectivity index (χ2v) is 18.5. The minimum Gasteiger partial charge on any atom is -0.368 e. The molecule has 2 heterocycles. The van der Waals surface area contributed by atoms with Crippen LogP contribution in [0.5, 0.6) is 0 Å². The van der Waals surface area contributed by atoms with Crippen molar-refractivity contribution in [3.63, 3.8) is 0 Å². The molecule has 1 aliphatic carbocycles. The van der Waals surface area contributed by atoms with Crippen LogP contribution in [0.1, 0.15) is 24.1 Å². The molecule has 9 nitrogen and oxygen atoms in total. The molecule has 1 saturated heterocycles. The molecule has 2 N–H and O–H groups in total. The Hall–Kier alpha value is -5.19. The van der Waals surface area contributed by atoms with Gasteiger partial charge in [-0.25, -0.2) is 21.2 Å². The lowest BCUT2D eigenvalue weighted by Gasteiger charge is -2.37. The van der Waals surface area contributed by atoms with Crippen LogP contribution >= 0.6 is 11.9 Å². The van der Waals surface area contributed by atoms with Gasteiger partial charge in [0.05, 0.1) is 16.3 Å². The van der Waals surface area contributed by atoms with Crippen LogP contribution in [0, 0.1) is 19.7 Å². The first-order valence-electron chi connectivity index (χ1n) is 18.4. The molecule has 5 aromatic rings. The summed E-state index contributed by atoms with van der Waals surface area (Å²) in [4.78, 5) is 3.33. The van der Waals surface area contributed by atoms with Gasteiger partial charge in [0.1, 0.15) is 10.7 Å². The molecule has 0 atom stereocenters. The number of piperazine rings is 1. The van der Waals surface area contributed by atoms with Crippen LogP contribution in [0.2, 0.25) is 0 Å². The molecule has 0 spiro atoms. The normalized spacial score (nSPS) is 15.1. The van der Waals surface area contributed by atoms with Gasteiger partial charge in [-0.15, -0.1) is 0 Å². The first-order valence-corrected chi connectivity index (χ1v) is 22.2. The van der Waals surface area contributed by atoms with Crippen molar-refractivity contribution >= 4 is 54.6 Å². The van der Waals surface area contributed by atoms with Crippen molar-refractivity contribution in [3.8, 4) is 22.4 Å². The zero-order valence-electron chi connectivity index (χ0n) is 31.8. The summed E-state index contributed by atoms with van der Waals surface area (Å²) < 4.78 is 114. The third kappa shape index (κ3) is 8.36. The predicted octanol–water partition coefficient (Wildman–Crippen LogP) is 9.83. The Labute approximate surface area is 340 Å². The van der Waals surface area contributed by atoms with Gasteiger partial charge in [0, 0.05) is 66.5 Å². The number of hydrogen-bond acceptors (Lipinski definition) is 8. The highest BCUT2D eigenvalue weighted by Gasteiger charge is 2.48. The summed E-state index contributed by atoms with van der Waals surface area (Å²) in [6.45, 7) is 6.98. The zero-order valence-corrected chi connectivity index (χ0v) is 34.3. The third-order valence-corrected chi connectivity index (χ3v) is 14.2. The summed E-state index contributed by atoms with van der Waals surface area (Å²) >= 11 is 0.931. The zero-order chi connectivity index (χ0) is 41.4. The Kier molecular flexibility index (Phi) is 11.5. The molecule has 304 valence electrons. The minimum absolute atomic E-state index is 0.152. The molecule has 0 saturated carbocycles. The lowest BCUT2D eigenvalue weighted by molar-refractivity contribution is -0.0435. The Morgan fingerprint density at radius 2 is 1.43 bits per heavy atom. The van der Waals surface area contributed by atoms with E-state index in [2.05, 4.69) is 55.9 Å². The van der Waals surface area contributed by atoms with Crippen LogP contribution in [0.25, 0.3) is 22.4 Å². The van der Waals surface area contributed by atoms with E-state index in [9.17, 15) is 34.4 Å². The van der Waals surface area contributed by atoms with Gasteiger partial charge in [-0.1, -0.05) is 30.4 Å². The SMILES string of the molecule is Cc1c(-c2cccc(N3CCN(c4ccc(NS(=O)(=O)c5ccc(NSC6=CCCC=C6)c(S(=O)(=O)C(F)(F)F)c5)cc4)CC3)c2)c(-c2ccc(F)cc2)n(C)c1C. The number of sulfone groups is 1. The van der Waals surface area contributed by atoms with E-state index < -0.39 is 40.8 Å². The second kappa shape index (κ2) is 16.2. The molecule has 1 fully saturated rings. The number of benzene rings is 4. The van der Waals surface area contributed by atoms with E-state index in [1.807, 2.05) is 25.3 Å². The molecule has 1 aliphatic heterocycles. The van der Waals surface area contributed by atoms with E-state index >= 15 is 0 Å². The van der Waals surface area contributed by atoms with E-state index in [1.165, 1.54) is 12.1 Å². The second-order valence-electron chi connectivity index (χ2n) is 14.1. The van der Waals surface area contributed by atoms with E-state index in [1.54, 1.807) is 42.5 Å². The maximum absolute atomic E-state index is 13.8. The molecule has 1 aromatic heterocycles. The molecule has 7 rings (SSSR count). The van der Waals surface area contributed by atoms with Gasteiger partial charge >= 0.3 is 5.51 Å². The Morgan fingerprint density at radius 3 is 2.07 bits per heavy atom. The molecular formula is C42H41F4N5O4S3. The number of alkyl halides is 3. The summed E-state index contributed by atoms with van der Waals surface area (Å²) in [5.41, 5.74) is 2.42. The number of anilines is 4. The fourth-order valence-electron chi connectivity index (χ4n) is 7.16. The summed E-state index contributed by atoms with van der Waals surface area (Å²) in [6.07, 6.45) is 7.03. The molecule has 0 radical (unpaired) electrons. The smallest absolute Gasteiger partial charge is 0.368 e.